The topological polar surface area (TPSA) is 82.6 Å². The SMILES string of the molecule is O=C(Nc1cccc(C(F)(F)F)c1)c1ccc(F)c(S(=O)(=O)N2CCN(c3ccccn3)CC2)c1. The number of nitrogens with zero attached hydrogens (tertiary/aromatic N) is 3. The van der Waals surface area contributed by atoms with Crippen LogP contribution in [0.25, 0.3) is 0 Å². The van der Waals surface area contributed by atoms with Crippen molar-refractivity contribution in [1.29, 1.82) is 0 Å². The Bertz CT molecular complexity index is 1330. The zero-order chi connectivity index (χ0) is 25.2. The molecule has 0 atom stereocenters. The molecular formula is C23H20F4N4O3S. The van der Waals surface area contributed by atoms with E-state index in [1.165, 1.54) is 6.07 Å². The second-order valence-electron chi connectivity index (χ2n) is 7.76. The van der Waals surface area contributed by atoms with Crippen LogP contribution >= 0.6 is 0 Å². The monoisotopic (exact) mass is 508 g/mol. The van der Waals surface area contributed by atoms with Crippen LogP contribution in [-0.4, -0.2) is 49.8 Å². The number of amides is 1. The second-order valence-corrected chi connectivity index (χ2v) is 9.66. The van der Waals surface area contributed by atoms with Crippen molar-refractivity contribution in [3.05, 3.63) is 83.8 Å². The van der Waals surface area contributed by atoms with Gasteiger partial charge in [-0.1, -0.05) is 12.1 Å². The van der Waals surface area contributed by atoms with Gasteiger partial charge in [-0.05, 0) is 48.5 Å². The molecule has 0 saturated carbocycles. The summed E-state index contributed by atoms with van der Waals surface area (Å²) in [7, 11) is -4.27. The van der Waals surface area contributed by atoms with E-state index in [-0.39, 0.29) is 24.3 Å². The molecule has 0 radical (unpaired) electrons. The Morgan fingerprint density at radius 3 is 2.34 bits per heavy atom. The van der Waals surface area contributed by atoms with Gasteiger partial charge in [0.1, 0.15) is 16.5 Å². The molecular weight excluding hydrogens is 488 g/mol. The van der Waals surface area contributed by atoms with Crippen LogP contribution in [0.2, 0.25) is 0 Å². The molecule has 184 valence electrons. The van der Waals surface area contributed by atoms with Gasteiger partial charge in [0, 0.05) is 43.6 Å². The average molecular weight is 508 g/mol. The number of halogens is 4. The molecule has 35 heavy (non-hydrogen) atoms. The first-order valence-electron chi connectivity index (χ1n) is 10.5. The molecule has 1 aliphatic heterocycles. The number of carbonyl (C=O) groups excluding carboxylic acids is 1. The molecule has 12 heteroatoms. The van der Waals surface area contributed by atoms with Crippen molar-refractivity contribution in [2.45, 2.75) is 11.1 Å². The van der Waals surface area contributed by atoms with Crippen LogP contribution in [0.3, 0.4) is 0 Å². The third-order valence-electron chi connectivity index (χ3n) is 5.47. The maximum absolute atomic E-state index is 14.6. The van der Waals surface area contributed by atoms with Gasteiger partial charge in [-0.3, -0.25) is 4.79 Å². The van der Waals surface area contributed by atoms with E-state index in [9.17, 15) is 30.8 Å². The van der Waals surface area contributed by atoms with E-state index in [0.717, 1.165) is 40.7 Å². The first kappa shape index (κ1) is 24.6. The number of carbonyl (C=O) groups is 1. The predicted octanol–water partition coefficient (Wildman–Crippen LogP) is 4.00. The zero-order valence-corrected chi connectivity index (χ0v) is 19.0. The number of hydrogen-bond acceptors (Lipinski definition) is 5. The molecule has 2 aromatic carbocycles. The number of rotatable bonds is 5. The molecule has 1 fully saturated rings. The minimum atomic E-state index is -4.60. The summed E-state index contributed by atoms with van der Waals surface area (Å²) in [5.74, 6) is -1.21. The lowest BCUT2D eigenvalue weighted by atomic mass is 10.1. The number of anilines is 2. The molecule has 0 aliphatic carbocycles. The van der Waals surface area contributed by atoms with Crippen molar-refractivity contribution in [2.24, 2.45) is 0 Å². The second kappa shape index (κ2) is 9.62. The predicted molar refractivity (Wildman–Crippen MR) is 121 cm³/mol. The number of sulfonamides is 1. The largest absolute Gasteiger partial charge is 0.416 e. The summed E-state index contributed by atoms with van der Waals surface area (Å²) < 4.78 is 80.7. The van der Waals surface area contributed by atoms with Crippen molar-refractivity contribution < 1.29 is 30.8 Å². The van der Waals surface area contributed by atoms with Crippen molar-refractivity contribution in [3.63, 3.8) is 0 Å². The number of alkyl halides is 3. The highest BCUT2D eigenvalue weighted by Gasteiger charge is 2.32. The van der Waals surface area contributed by atoms with Crippen LogP contribution in [-0.2, 0) is 16.2 Å². The summed E-state index contributed by atoms with van der Waals surface area (Å²) in [5, 5.41) is 2.29. The fraction of sp³-hybridized carbons (Fsp3) is 0.217. The maximum Gasteiger partial charge on any atom is 0.416 e. The van der Waals surface area contributed by atoms with Crippen LogP contribution in [0.1, 0.15) is 15.9 Å². The third kappa shape index (κ3) is 5.43. The van der Waals surface area contributed by atoms with E-state index in [4.69, 9.17) is 0 Å². The highest BCUT2D eigenvalue weighted by atomic mass is 32.2. The molecule has 3 aromatic rings. The van der Waals surface area contributed by atoms with Crippen molar-refractivity contribution in [1.82, 2.24) is 9.29 Å². The summed E-state index contributed by atoms with van der Waals surface area (Å²) in [6.45, 7) is 0.846. The van der Waals surface area contributed by atoms with Crippen LogP contribution in [0.4, 0.5) is 29.1 Å². The van der Waals surface area contributed by atoms with Crippen molar-refractivity contribution in [3.8, 4) is 0 Å². The van der Waals surface area contributed by atoms with E-state index in [1.54, 1.807) is 18.3 Å². The minimum Gasteiger partial charge on any atom is -0.354 e. The van der Waals surface area contributed by atoms with Crippen LogP contribution < -0.4 is 10.2 Å². The molecule has 1 saturated heterocycles. The van der Waals surface area contributed by atoms with E-state index in [0.29, 0.717) is 18.9 Å². The summed E-state index contributed by atoms with van der Waals surface area (Å²) in [4.78, 5) is 18.1. The molecule has 7 nitrogen and oxygen atoms in total. The van der Waals surface area contributed by atoms with Gasteiger partial charge in [0.15, 0.2) is 0 Å². The lowest BCUT2D eigenvalue weighted by molar-refractivity contribution is -0.137. The lowest BCUT2D eigenvalue weighted by Gasteiger charge is -2.34. The van der Waals surface area contributed by atoms with Gasteiger partial charge in [-0.25, -0.2) is 17.8 Å². The van der Waals surface area contributed by atoms with E-state index >= 15 is 0 Å². The molecule has 1 amide bonds. The summed E-state index contributed by atoms with van der Waals surface area (Å²) in [5.41, 5.74) is -1.30. The fourth-order valence-corrected chi connectivity index (χ4v) is 5.17. The van der Waals surface area contributed by atoms with Gasteiger partial charge in [-0.2, -0.15) is 17.5 Å². The number of piperazine rings is 1. The Labute approximate surface area is 199 Å². The highest BCUT2D eigenvalue weighted by Crippen LogP contribution is 2.31. The van der Waals surface area contributed by atoms with Crippen LogP contribution in [0, 0.1) is 5.82 Å². The van der Waals surface area contributed by atoms with Crippen LogP contribution in [0.15, 0.2) is 71.8 Å². The van der Waals surface area contributed by atoms with Gasteiger partial charge in [-0.15, -0.1) is 0 Å². The van der Waals surface area contributed by atoms with Crippen molar-refractivity contribution >= 4 is 27.4 Å². The first-order valence-corrected chi connectivity index (χ1v) is 11.9. The molecule has 1 N–H and O–H groups in total. The van der Waals surface area contributed by atoms with Gasteiger partial charge in [0.25, 0.3) is 5.91 Å². The number of pyridine rings is 1. The molecule has 4 rings (SSSR count). The number of aromatic nitrogens is 1. The first-order chi connectivity index (χ1) is 16.6. The van der Waals surface area contributed by atoms with Gasteiger partial charge in [0.2, 0.25) is 10.0 Å². The quantitative estimate of drug-likeness (QED) is 0.527. The fourth-order valence-electron chi connectivity index (χ4n) is 3.66. The molecule has 2 heterocycles. The third-order valence-corrected chi connectivity index (χ3v) is 7.38. The number of benzene rings is 2. The normalized spacial score (nSPS) is 15.1. The smallest absolute Gasteiger partial charge is 0.354 e. The lowest BCUT2D eigenvalue weighted by Crippen LogP contribution is -2.49. The average Bonchev–Trinajstić information content (AvgIpc) is 2.84. The summed E-state index contributed by atoms with van der Waals surface area (Å²) >= 11 is 0. The molecule has 0 unspecified atom stereocenters. The van der Waals surface area contributed by atoms with Gasteiger partial charge < -0.3 is 10.2 Å². The molecule has 1 aliphatic rings. The summed E-state index contributed by atoms with van der Waals surface area (Å²) in [6, 6.07) is 12.2. The Morgan fingerprint density at radius 2 is 1.69 bits per heavy atom. The van der Waals surface area contributed by atoms with Crippen LogP contribution in [0.5, 0.6) is 0 Å². The number of nitrogens with one attached hydrogen (secondary N) is 1. The number of hydrogen-bond donors (Lipinski definition) is 1. The molecule has 0 bridgehead atoms. The Morgan fingerprint density at radius 1 is 0.943 bits per heavy atom. The Hall–Kier alpha value is -3.51. The van der Waals surface area contributed by atoms with Gasteiger partial charge >= 0.3 is 6.18 Å². The zero-order valence-electron chi connectivity index (χ0n) is 18.2. The van der Waals surface area contributed by atoms with E-state index in [2.05, 4.69) is 10.3 Å². The van der Waals surface area contributed by atoms with E-state index in [1.807, 2.05) is 11.0 Å². The Kier molecular flexibility index (Phi) is 6.77. The molecule has 1 aromatic heterocycles. The Balaban J connectivity index is 1.51. The maximum atomic E-state index is 14.6. The summed E-state index contributed by atoms with van der Waals surface area (Å²) in [6.07, 6.45) is -2.97. The minimum absolute atomic E-state index is 0.0823. The highest BCUT2D eigenvalue weighted by molar-refractivity contribution is 7.89. The standard InChI is InChI=1S/C23H20F4N4O3S/c24-19-8-7-16(22(32)29-18-5-3-4-17(15-18)23(25,26)27)14-20(19)35(33,34)31-12-10-30(11-13-31)21-6-1-2-9-28-21/h1-9,14-15H,10-13H2,(H,29,32). The van der Waals surface area contributed by atoms with E-state index < -0.39 is 38.4 Å². The molecule has 0 spiro atoms. The van der Waals surface area contributed by atoms with Gasteiger partial charge in [0.05, 0.1) is 5.56 Å². The van der Waals surface area contributed by atoms with Crippen molar-refractivity contribution in [2.75, 3.05) is 36.4 Å².